The summed E-state index contributed by atoms with van der Waals surface area (Å²) in [5.41, 5.74) is 15.1. The number of hydrogen-bond acceptors (Lipinski definition) is 2. The van der Waals surface area contributed by atoms with Gasteiger partial charge < -0.3 is 0 Å². The molecule has 0 fully saturated rings. The number of hydrogen-bond donors (Lipinski definition) is 0. The van der Waals surface area contributed by atoms with Crippen molar-refractivity contribution in [2.45, 2.75) is 19.3 Å². The minimum atomic E-state index is -0.0662. The first-order valence-corrected chi connectivity index (χ1v) is 18.3. The van der Waals surface area contributed by atoms with E-state index in [-0.39, 0.29) is 5.41 Å². The molecule has 53 heavy (non-hydrogen) atoms. The second-order valence-electron chi connectivity index (χ2n) is 14.6. The minimum absolute atomic E-state index is 0.0662. The lowest BCUT2D eigenvalue weighted by Gasteiger charge is -2.22. The highest BCUT2D eigenvalue weighted by Gasteiger charge is 2.35. The van der Waals surface area contributed by atoms with Gasteiger partial charge in [0, 0.05) is 22.1 Å². The number of rotatable bonds is 5. The van der Waals surface area contributed by atoms with Crippen LogP contribution in [0.25, 0.3) is 88.8 Å². The zero-order valence-electron chi connectivity index (χ0n) is 29.7. The van der Waals surface area contributed by atoms with Gasteiger partial charge in [0.05, 0.1) is 11.4 Å². The largest absolute Gasteiger partial charge is 0.228 e. The van der Waals surface area contributed by atoms with Crippen LogP contribution in [0.4, 0.5) is 0 Å². The van der Waals surface area contributed by atoms with E-state index in [9.17, 15) is 0 Å². The average molecular weight is 677 g/mol. The fourth-order valence-electron chi connectivity index (χ4n) is 8.38. The van der Waals surface area contributed by atoms with Gasteiger partial charge in [0.15, 0.2) is 5.82 Å². The third kappa shape index (κ3) is 5.18. The van der Waals surface area contributed by atoms with Gasteiger partial charge in [0.2, 0.25) is 0 Å². The summed E-state index contributed by atoms with van der Waals surface area (Å²) in [5.74, 6) is 0.714. The smallest absolute Gasteiger partial charge is 0.161 e. The van der Waals surface area contributed by atoms with E-state index in [1.54, 1.807) is 0 Å². The Bertz CT molecular complexity index is 2840. The van der Waals surface area contributed by atoms with Crippen LogP contribution in [0.2, 0.25) is 0 Å². The molecule has 8 aromatic carbocycles. The molecule has 2 nitrogen and oxygen atoms in total. The summed E-state index contributed by atoms with van der Waals surface area (Å²) in [6, 6.07) is 65.4. The normalized spacial score (nSPS) is 12.9. The highest BCUT2D eigenvalue weighted by Crippen LogP contribution is 2.50. The molecular weight excluding hydrogens is 641 g/mol. The zero-order chi connectivity index (χ0) is 35.5. The van der Waals surface area contributed by atoms with Crippen molar-refractivity contribution in [3.8, 4) is 67.3 Å². The molecule has 1 aromatic heterocycles. The molecule has 1 aliphatic carbocycles. The minimum Gasteiger partial charge on any atom is -0.228 e. The molecule has 9 aromatic rings. The molecular formula is C51H36N2. The Balaban J connectivity index is 1.14. The maximum Gasteiger partial charge on any atom is 0.161 e. The van der Waals surface area contributed by atoms with Gasteiger partial charge in [-0.15, -0.1) is 0 Å². The first kappa shape index (κ1) is 31.1. The molecule has 0 N–H and O–H groups in total. The molecule has 0 atom stereocenters. The van der Waals surface area contributed by atoms with Gasteiger partial charge in [0.25, 0.3) is 0 Å². The molecule has 0 radical (unpaired) electrons. The van der Waals surface area contributed by atoms with Crippen molar-refractivity contribution in [1.29, 1.82) is 0 Å². The van der Waals surface area contributed by atoms with Gasteiger partial charge in [-0.05, 0) is 84.3 Å². The van der Waals surface area contributed by atoms with Crippen LogP contribution in [0.5, 0.6) is 0 Å². The fraction of sp³-hybridized carbons (Fsp3) is 0.0588. The van der Waals surface area contributed by atoms with Crippen molar-refractivity contribution in [3.05, 3.63) is 193 Å². The Kier molecular flexibility index (Phi) is 7.19. The van der Waals surface area contributed by atoms with Crippen molar-refractivity contribution >= 4 is 21.5 Å². The Morgan fingerprint density at radius 1 is 0.340 bits per heavy atom. The van der Waals surface area contributed by atoms with Crippen molar-refractivity contribution in [3.63, 3.8) is 0 Å². The van der Waals surface area contributed by atoms with E-state index in [1.807, 2.05) is 0 Å². The van der Waals surface area contributed by atoms with E-state index < -0.39 is 0 Å². The third-order valence-corrected chi connectivity index (χ3v) is 11.1. The second-order valence-corrected chi connectivity index (χ2v) is 14.6. The molecule has 0 amide bonds. The molecule has 250 valence electrons. The van der Waals surface area contributed by atoms with Crippen LogP contribution in [0, 0.1) is 0 Å². The molecule has 0 unspecified atom stereocenters. The van der Waals surface area contributed by atoms with Crippen molar-refractivity contribution < 1.29 is 0 Å². The lowest BCUT2D eigenvalue weighted by molar-refractivity contribution is 0.660. The summed E-state index contributed by atoms with van der Waals surface area (Å²) in [7, 11) is 0. The van der Waals surface area contributed by atoms with E-state index in [4.69, 9.17) is 9.97 Å². The van der Waals surface area contributed by atoms with Gasteiger partial charge in [-0.2, -0.15) is 0 Å². The third-order valence-electron chi connectivity index (χ3n) is 11.1. The summed E-state index contributed by atoms with van der Waals surface area (Å²) in [6.45, 7) is 4.69. The van der Waals surface area contributed by atoms with Crippen LogP contribution in [0.1, 0.15) is 25.0 Å². The first-order valence-electron chi connectivity index (χ1n) is 18.3. The van der Waals surface area contributed by atoms with Crippen LogP contribution >= 0.6 is 0 Å². The standard InChI is InChI=1S/C51H36N2/c1-51(2)46-22-11-10-20-42(46)43-28-27-37(31-47(43)51)39-29-30-45(41-19-9-8-18-40(39)41)50-52-48(36-25-23-34(24-26-36)33-13-4-3-5-14-33)32-49(53-50)44-21-12-16-35-15-6-7-17-38(35)44/h3-32H,1-2H3. The quantitative estimate of drug-likeness (QED) is 0.181. The van der Waals surface area contributed by atoms with E-state index in [0.717, 1.165) is 33.5 Å². The van der Waals surface area contributed by atoms with Crippen molar-refractivity contribution in [1.82, 2.24) is 9.97 Å². The molecule has 0 spiro atoms. The highest BCUT2D eigenvalue weighted by molar-refractivity contribution is 6.05. The predicted molar refractivity (Wildman–Crippen MR) is 222 cm³/mol. The number of nitrogens with zero attached hydrogens (tertiary/aromatic N) is 2. The average Bonchev–Trinajstić information content (AvgIpc) is 3.45. The Labute approximate surface area is 310 Å². The maximum absolute atomic E-state index is 5.35. The van der Waals surface area contributed by atoms with Crippen LogP contribution in [-0.4, -0.2) is 9.97 Å². The molecule has 1 aliphatic rings. The Morgan fingerprint density at radius 2 is 0.887 bits per heavy atom. The van der Waals surface area contributed by atoms with Gasteiger partial charge in [-0.25, -0.2) is 9.97 Å². The summed E-state index contributed by atoms with van der Waals surface area (Å²) in [5, 5.41) is 4.68. The molecule has 0 saturated carbocycles. The molecule has 0 aliphatic heterocycles. The number of fused-ring (bicyclic) bond motifs is 5. The van der Waals surface area contributed by atoms with Crippen LogP contribution in [-0.2, 0) is 5.41 Å². The molecule has 10 rings (SSSR count). The van der Waals surface area contributed by atoms with Crippen LogP contribution < -0.4 is 0 Å². The van der Waals surface area contributed by atoms with Gasteiger partial charge in [-0.1, -0.05) is 178 Å². The predicted octanol–water partition coefficient (Wildman–Crippen LogP) is 13.4. The van der Waals surface area contributed by atoms with Crippen LogP contribution in [0.3, 0.4) is 0 Å². The van der Waals surface area contributed by atoms with E-state index in [0.29, 0.717) is 5.82 Å². The van der Waals surface area contributed by atoms with Gasteiger partial charge in [-0.3, -0.25) is 0 Å². The Hall–Kier alpha value is -6.64. The molecule has 2 heteroatoms. The Morgan fingerprint density at radius 3 is 1.72 bits per heavy atom. The second kappa shape index (κ2) is 12.3. The zero-order valence-corrected chi connectivity index (χ0v) is 29.7. The molecule has 0 bridgehead atoms. The summed E-state index contributed by atoms with van der Waals surface area (Å²) in [6.07, 6.45) is 0. The molecule has 1 heterocycles. The van der Waals surface area contributed by atoms with E-state index >= 15 is 0 Å². The van der Waals surface area contributed by atoms with Gasteiger partial charge >= 0.3 is 0 Å². The SMILES string of the molecule is CC1(C)c2ccccc2-c2ccc(-c3ccc(-c4nc(-c5ccc(-c6ccccc6)cc5)cc(-c5cccc6ccccc56)n4)c4ccccc34)cc21. The topological polar surface area (TPSA) is 25.8 Å². The lowest BCUT2D eigenvalue weighted by Crippen LogP contribution is -2.14. The first-order chi connectivity index (χ1) is 26.0. The highest BCUT2D eigenvalue weighted by atomic mass is 14.9. The van der Waals surface area contributed by atoms with Gasteiger partial charge in [0.1, 0.15) is 0 Å². The van der Waals surface area contributed by atoms with Crippen molar-refractivity contribution in [2.24, 2.45) is 0 Å². The number of aromatic nitrogens is 2. The van der Waals surface area contributed by atoms with Crippen LogP contribution in [0.15, 0.2) is 182 Å². The maximum atomic E-state index is 5.35. The fourth-order valence-corrected chi connectivity index (χ4v) is 8.38. The van der Waals surface area contributed by atoms with E-state index in [1.165, 1.54) is 60.7 Å². The van der Waals surface area contributed by atoms with Crippen molar-refractivity contribution in [2.75, 3.05) is 0 Å². The number of benzene rings is 8. The molecule has 0 saturated heterocycles. The summed E-state index contributed by atoms with van der Waals surface area (Å²) in [4.78, 5) is 10.7. The summed E-state index contributed by atoms with van der Waals surface area (Å²) >= 11 is 0. The lowest BCUT2D eigenvalue weighted by atomic mass is 9.81. The van der Waals surface area contributed by atoms with E-state index in [2.05, 4.69) is 196 Å². The summed E-state index contributed by atoms with van der Waals surface area (Å²) < 4.78 is 0. The monoisotopic (exact) mass is 676 g/mol.